The van der Waals surface area contributed by atoms with E-state index in [9.17, 15) is 18.0 Å². The summed E-state index contributed by atoms with van der Waals surface area (Å²) in [5.74, 6) is -0.527. The Morgan fingerprint density at radius 2 is 1.75 bits per heavy atom. The van der Waals surface area contributed by atoms with Crippen LogP contribution in [0, 0.1) is 0 Å². The molecule has 0 heterocycles. The Hall–Kier alpha value is -0.780. The van der Waals surface area contributed by atoms with Crippen molar-refractivity contribution in [1.29, 1.82) is 0 Å². The third-order valence-electron chi connectivity index (χ3n) is 1.95. The van der Waals surface area contributed by atoms with E-state index >= 15 is 0 Å². The van der Waals surface area contributed by atoms with Crippen molar-refractivity contribution in [2.45, 2.75) is 46.0 Å². The van der Waals surface area contributed by atoms with Crippen molar-refractivity contribution >= 4 is 5.91 Å². The first-order valence-corrected chi connectivity index (χ1v) is 5.23. The Morgan fingerprint density at radius 1 is 1.25 bits per heavy atom. The van der Waals surface area contributed by atoms with Gasteiger partial charge in [0, 0.05) is 12.1 Å². The highest BCUT2D eigenvalue weighted by Gasteiger charge is 2.33. The molecule has 0 aliphatic heterocycles. The Balaban J connectivity index is 4.37. The average Bonchev–Trinajstić information content (AvgIpc) is 2.08. The number of amides is 1. The molecule has 0 spiro atoms. The van der Waals surface area contributed by atoms with Crippen LogP contribution in [0.5, 0.6) is 0 Å². The minimum absolute atomic E-state index is 0.0636. The van der Waals surface area contributed by atoms with Crippen LogP contribution in [0.25, 0.3) is 0 Å². The second kappa shape index (κ2) is 6.08. The number of halogens is 3. The fraction of sp³-hybridized carbons (Fsp3) is 0.900. The molecule has 0 aliphatic carbocycles. The van der Waals surface area contributed by atoms with E-state index in [2.05, 4.69) is 5.32 Å². The van der Waals surface area contributed by atoms with Gasteiger partial charge in [0.25, 0.3) is 0 Å². The molecule has 6 heteroatoms. The van der Waals surface area contributed by atoms with Gasteiger partial charge in [-0.2, -0.15) is 13.2 Å². The highest BCUT2D eigenvalue weighted by Crippen LogP contribution is 2.17. The quantitative estimate of drug-likeness (QED) is 0.794. The molecule has 96 valence electrons. The van der Waals surface area contributed by atoms with E-state index in [1.54, 1.807) is 13.8 Å². The molecule has 0 aromatic carbocycles. The van der Waals surface area contributed by atoms with Gasteiger partial charge in [-0.05, 0) is 13.8 Å². The number of hydrogen-bond donors (Lipinski definition) is 1. The van der Waals surface area contributed by atoms with Crippen LogP contribution in [0.4, 0.5) is 13.2 Å². The SMILES string of the molecule is CC(C)NCC(=O)N(CC(F)(F)F)C(C)C. The van der Waals surface area contributed by atoms with Crippen LogP contribution in [-0.4, -0.2) is 42.2 Å². The summed E-state index contributed by atoms with van der Waals surface area (Å²) in [5, 5.41) is 2.81. The van der Waals surface area contributed by atoms with Gasteiger partial charge in [-0.25, -0.2) is 0 Å². The van der Waals surface area contributed by atoms with Crippen molar-refractivity contribution in [3.8, 4) is 0 Å². The van der Waals surface area contributed by atoms with E-state index < -0.39 is 24.7 Å². The Kier molecular flexibility index (Phi) is 5.78. The van der Waals surface area contributed by atoms with Crippen LogP contribution in [0.1, 0.15) is 27.7 Å². The Morgan fingerprint density at radius 3 is 2.06 bits per heavy atom. The molecule has 0 unspecified atom stereocenters. The third kappa shape index (κ3) is 6.66. The molecule has 16 heavy (non-hydrogen) atoms. The van der Waals surface area contributed by atoms with E-state index in [1.807, 2.05) is 13.8 Å². The van der Waals surface area contributed by atoms with E-state index in [1.165, 1.54) is 0 Å². The second-order valence-electron chi connectivity index (χ2n) is 4.27. The van der Waals surface area contributed by atoms with E-state index in [-0.39, 0.29) is 12.6 Å². The lowest BCUT2D eigenvalue weighted by molar-refractivity contribution is -0.164. The summed E-state index contributed by atoms with van der Waals surface area (Å²) in [6.07, 6.45) is -4.35. The monoisotopic (exact) mass is 240 g/mol. The number of carbonyl (C=O) groups excluding carboxylic acids is 1. The minimum atomic E-state index is -4.35. The second-order valence-corrected chi connectivity index (χ2v) is 4.27. The predicted molar refractivity (Wildman–Crippen MR) is 56.0 cm³/mol. The number of alkyl halides is 3. The highest BCUT2D eigenvalue weighted by atomic mass is 19.4. The molecule has 0 fully saturated rings. The van der Waals surface area contributed by atoms with Gasteiger partial charge < -0.3 is 10.2 Å². The van der Waals surface area contributed by atoms with Crippen LogP contribution in [0.2, 0.25) is 0 Å². The van der Waals surface area contributed by atoms with Gasteiger partial charge in [0.2, 0.25) is 5.91 Å². The molecule has 0 saturated carbocycles. The summed E-state index contributed by atoms with van der Waals surface area (Å²) < 4.78 is 36.6. The molecular formula is C10H19F3N2O. The van der Waals surface area contributed by atoms with Crippen LogP contribution in [0.3, 0.4) is 0 Å². The minimum Gasteiger partial charge on any atom is -0.330 e. The van der Waals surface area contributed by atoms with Crippen molar-refractivity contribution in [2.75, 3.05) is 13.1 Å². The van der Waals surface area contributed by atoms with Gasteiger partial charge in [-0.1, -0.05) is 13.8 Å². The van der Waals surface area contributed by atoms with Crippen LogP contribution in [0.15, 0.2) is 0 Å². The molecule has 0 rings (SSSR count). The van der Waals surface area contributed by atoms with Gasteiger partial charge in [0.1, 0.15) is 6.54 Å². The normalized spacial score (nSPS) is 12.3. The standard InChI is InChI=1S/C10H19F3N2O/c1-7(2)14-5-9(16)15(8(3)4)6-10(11,12)13/h7-8,14H,5-6H2,1-4H3. The zero-order valence-electron chi connectivity index (χ0n) is 10.1. The van der Waals surface area contributed by atoms with Gasteiger partial charge in [-0.3, -0.25) is 4.79 Å². The lowest BCUT2D eigenvalue weighted by Crippen LogP contribution is -2.47. The maximum atomic E-state index is 12.2. The zero-order chi connectivity index (χ0) is 12.9. The maximum absolute atomic E-state index is 12.2. The highest BCUT2D eigenvalue weighted by molar-refractivity contribution is 5.78. The summed E-state index contributed by atoms with van der Waals surface area (Å²) in [7, 11) is 0. The Bertz CT molecular complexity index is 227. The molecule has 1 N–H and O–H groups in total. The van der Waals surface area contributed by atoms with Crippen molar-refractivity contribution in [3.63, 3.8) is 0 Å². The molecule has 1 amide bonds. The van der Waals surface area contributed by atoms with E-state index in [4.69, 9.17) is 0 Å². The molecule has 0 aromatic heterocycles. The van der Waals surface area contributed by atoms with Crippen molar-refractivity contribution in [1.82, 2.24) is 10.2 Å². The summed E-state index contributed by atoms with van der Waals surface area (Å²) in [5.41, 5.74) is 0. The van der Waals surface area contributed by atoms with E-state index in [0.717, 1.165) is 4.90 Å². The fourth-order valence-corrected chi connectivity index (χ4v) is 1.14. The van der Waals surface area contributed by atoms with Gasteiger partial charge >= 0.3 is 6.18 Å². The zero-order valence-corrected chi connectivity index (χ0v) is 10.1. The number of nitrogens with one attached hydrogen (secondary N) is 1. The first kappa shape index (κ1) is 15.2. The maximum Gasteiger partial charge on any atom is 0.406 e. The number of hydrogen-bond acceptors (Lipinski definition) is 2. The molecule has 0 saturated heterocycles. The van der Waals surface area contributed by atoms with Crippen LogP contribution >= 0.6 is 0 Å². The van der Waals surface area contributed by atoms with Gasteiger partial charge in [-0.15, -0.1) is 0 Å². The molecule has 0 atom stereocenters. The van der Waals surface area contributed by atoms with Crippen LogP contribution < -0.4 is 5.32 Å². The molecule has 3 nitrogen and oxygen atoms in total. The lowest BCUT2D eigenvalue weighted by Gasteiger charge is -2.28. The summed E-state index contributed by atoms with van der Waals surface area (Å²) in [4.78, 5) is 12.4. The van der Waals surface area contributed by atoms with Crippen LogP contribution in [-0.2, 0) is 4.79 Å². The topological polar surface area (TPSA) is 32.3 Å². The average molecular weight is 240 g/mol. The molecular weight excluding hydrogens is 221 g/mol. The van der Waals surface area contributed by atoms with Gasteiger partial charge in [0.15, 0.2) is 0 Å². The summed E-state index contributed by atoms with van der Waals surface area (Å²) in [6.45, 7) is 5.54. The molecule has 0 aliphatic rings. The largest absolute Gasteiger partial charge is 0.406 e. The first-order valence-electron chi connectivity index (χ1n) is 5.23. The van der Waals surface area contributed by atoms with E-state index in [0.29, 0.717) is 0 Å². The smallest absolute Gasteiger partial charge is 0.330 e. The number of carbonyl (C=O) groups is 1. The number of rotatable bonds is 5. The number of nitrogens with zero attached hydrogens (tertiary/aromatic N) is 1. The predicted octanol–water partition coefficient (Wildman–Crippen LogP) is 1.78. The van der Waals surface area contributed by atoms with Crippen molar-refractivity contribution in [3.05, 3.63) is 0 Å². The van der Waals surface area contributed by atoms with Crippen molar-refractivity contribution < 1.29 is 18.0 Å². The third-order valence-corrected chi connectivity index (χ3v) is 1.95. The lowest BCUT2D eigenvalue weighted by atomic mass is 10.3. The van der Waals surface area contributed by atoms with Crippen molar-refractivity contribution in [2.24, 2.45) is 0 Å². The summed E-state index contributed by atoms with van der Waals surface area (Å²) >= 11 is 0. The molecule has 0 radical (unpaired) electrons. The van der Waals surface area contributed by atoms with Gasteiger partial charge in [0.05, 0.1) is 6.54 Å². The fourth-order valence-electron chi connectivity index (χ4n) is 1.14. The molecule has 0 bridgehead atoms. The Labute approximate surface area is 94.0 Å². The summed E-state index contributed by atoms with van der Waals surface area (Å²) in [6, 6.07) is -0.382. The molecule has 0 aromatic rings. The first-order chi connectivity index (χ1) is 7.13.